The summed E-state index contributed by atoms with van der Waals surface area (Å²) in [5.41, 5.74) is 5.43. The summed E-state index contributed by atoms with van der Waals surface area (Å²) in [6, 6.07) is 4.05. The molecule has 0 saturated heterocycles. The van der Waals surface area contributed by atoms with Gasteiger partial charge in [0.25, 0.3) is 0 Å². The molecule has 0 bridgehead atoms. The summed E-state index contributed by atoms with van der Waals surface area (Å²) in [6.45, 7) is 8.64. The summed E-state index contributed by atoms with van der Waals surface area (Å²) in [5.74, 6) is 0.370. The highest BCUT2D eigenvalue weighted by Gasteiger charge is 2.28. The van der Waals surface area contributed by atoms with Crippen LogP contribution < -0.4 is 11.1 Å². The Hall–Kier alpha value is -0.580. The topological polar surface area (TPSA) is 55.1 Å². The molecule has 18 heavy (non-hydrogen) atoms. The molecule has 3 nitrogen and oxygen atoms in total. The van der Waals surface area contributed by atoms with E-state index in [1.54, 1.807) is 11.3 Å². The van der Waals surface area contributed by atoms with Crippen molar-refractivity contribution in [1.82, 2.24) is 5.32 Å². The fourth-order valence-electron chi connectivity index (χ4n) is 1.53. The number of carbonyl (C=O) groups excluding carboxylic acids is 1. The van der Waals surface area contributed by atoms with Gasteiger partial charge in [-0.25, -0.2) is 0 Å². The number of hydrogen-bond acceptors (Lipinski definition) is 3. The van der Waals surface area contributed by atoms with E-state index < -0.39 is 0 Å². The first-order chi connectivity index (χ1) is 7.87. The van der Waals surface area contributed by atoms with Crippen molar-refractivity contribution in [3.8, 4) is 0 Å². The highest BCUT2D eigenvalue weighted by molar-refractivity contribution is 7.12. The molecule has 1 atom stereocenters. The van der Waals surface area contributed by atoms with E-state index in [9.17, 15) is 4.79 Å². The van der Waals surface area contributed by atoms with Gasteiger partial charge in [0.2, 0.25) is 5.91 Å². The highest BCUT2D eigenvalue weighted by atomic mass is 35.5. The van der Waals surface area contributed by atoms with E-state index in [1.165, 1.54) is 4.88 Å². The van der Waals surface area contributed by atoms with E-state index in [0.717, 1.165) is 4.88 Å². The Morgan fingerprint density at radius 2 is 2.11 bits per heavy atom. The minimum atomic E-state index is -0.316. The number of amides is 1. The Labute approximate surface area is 120 Å². The number of thiophene rings is 1. The van der Waals surface area contributed by atoms with Crippen molar-refractivity contribution in [3.05, 3.63) is 21.9 Å². The van der Waals surface area contributed by atoms with Crippen molar-refractivity contribution in [3.63, 3.8) is 0 Å². The third-order valence-electron chi connectivity index (χ3n) is 3.25. The highest BCUT2D eigenvalue weighted by Crippen LogP contribution is 2.18. The van der Waals surface area contributed by atoms with E-state index >= 15 is 0 Å². The molecule has 0 aliphatic rings. The minimum absolute atomic E-state index is 0. The first kappa shape index (κ1) is 17.4. The van der Waals surface area contributed by atoms with Crippen molar-refractivity contribution in [1.29, 1.82) is 0 Å². The lowest BCUT2D eigenvalue weighted by Crippen LogP contribution is -2.55. The van der Waals surface area contributed by atoms with Crippen LogP contribution in [0.25, 0.3) is 0 Å². The maximum atomic E-state index is 11.9. The molecule has 0 aromatic carbocycles. The molecule has 1 amide bonds. The molecule has 3 N–H and O–H groups in total. The molecule has 1 aromatic rings. The van der Waals surface area contributed by atoms with Gasteiger partial charge in [-0.05, 0) is 31.9 Å². The predicted molar refractivity (Wildman–Crippen MR) is 80.4 cm³/mol. The smallest absolute Gasteiger partial charge is 0.225 e. The van der Waals surface area contributed by atoms with Crippen molar-refractivity contribution in [2.75, 3.05) is 6.54 Å². The predicted octanol–water partition coefficient (Wildman–Crippen LogP) is 2.51. The van der Waals surface area contributed by atoms with Crippen LogP contribution in [0.4, 0.5) is 0 Å². The van der Waals surface area contributed by atoms with Crippen LogP contribution in [0.15, 0.2) is 12.1 Å². The maximum absolute atomic E-state index is 11.9. The van der Waals surface area contributed by atoms with E-state index in [2.05, 4.69) is 19.2 Å². The quantitative estimate of drug-likeness (QED) is 0.875. The van der Waals surface area contributed by atoms with Gasteiger partial charge in [-0.2, -0.15) is 0 Å². The first-order valence-electron chi connectivity index (χ1n) is 5.94. The van der Waals surface area contributed by atoms with Crippen LogP contribution in [0.1, 0.15) is 30.5 Å². The van der Waals surface area contributed by atoms with Gasteiger partial charge in [0, 0.05) is 16.3 Å². The lowest BCUT2D eigenvalue weighted by atomic mass is 9.88. The SMILES string of the molecule is Cc1ccc(CC(=O)NC(C)(CN)C(C)C)s1.Cl. The molecule has 0 saturated carbocycles. The van der Waals surface area contributed by atoms with Gasteiger partial charge in [0.05, 0.1) is 12.0 Å². The van der Waals surface area contributed by atoms with Crippen LogP contribution in [0.2, 0.25) is 0 Å². The molecule has 104 valence electrons. The molecular weight excluding hydrogens is 268 g/mol. The van der Waals surface area contributed by atoms with Gasteiger partial charge in [0.15, 0.2) is 0 Å². The number of halogens is 1. The van der Waals surface area contributed by atoms with Crippen molar-refractivity contribution in [2.24, 2.45) is 11.7 Å². The lowest BCUT2D eigenvalue weighted by molar-refractivity contribution is -0.122. The van der Waals surface area contributed by atoms with Gasteiger partial charge in [-0.1, -0.05) is 13.8 Å². The van der Waals surface area contributed by atoms with Gasteiger partial charge in [-0.3, -0.25) is 4.79 Å². The number of carbonyl (C=O) groups is 1. The van der Waals surface area contributed by atoms with E-state index in [1.807, 2.05) is 26.0 Å². The van der Waals surface area contributed by atoms with Gasteiger partial charge >= 0.3 is 0 Å². The van der Waals surface area contributed by atoms with Crippen LogP contribution in [-0.2, 0) is 11.2 Å². The van der Waals surface area contributed by atoms with Crippen LogP contribution in [-0.4, -0.2) is 18.0 Å². The van der Waals surface area contributed by atoms with E-state index in [-0.39, 0.29) is 23.9 Å². The molecule has 1 unspecified atom stereocenters. The maximum Gasteiger partial charge on any atom is 0.225 e. The van der Waals surface area contributed by atoms with Gasteiger partial charge in [0.1, 0.15) is 0 Å². The number of aryl methyl sites for hydroxylation is 1. The summed E-state index contributed by atoms with van der Waals surface area (Å²) in [4.78, 5) is 14.3. The molecule has 0 spiro atoms. The number of rotatable bonds is 5. The van der Waals surface area contributed by atoms with Crippen LogP contribution >= 0.6 is 23.7 Å². The molecule has 0 fully saturated rings. The van der Waals surface area contributed by atoms with Crippen LogP contribution in [0.3, 0.4) is 0 Å². The second-order valence-electron chi connectivity index (χ2n) is 5.01. The lowest BCUT2D eigenvalue weighted by Gasteiger charge is -2.33. The third-order valence-corrected chi connectivity index (χ3v) is 4.25. The average molecular weight is 291 g/mol. The second-order valence-corrected chi connectivity index (χ2v) is 6.39. The summed E-state index contributed by atoms with van der Waals surface area (Å²) in [6.07, 6.45) is 0.445. The number of nitrogens with one attached hydrogen (secondary N) is 1. The molecule has 0 radical (unpaired) electrons. The Balaban J connectivity index is 0.00000289. The number of hydrogen-bond donors (Lipinski definition) is 2. The molecule has 0 aliphatic heterocycles. The number of nitrogens with two attached hydrogens (primary N) is 1. The fourth-order valence-corrected chi connectivity index (χ4v) is 2.42. The summed E-state index contributed by atoms with van der Waals surface area (Å²) in [5, 5.41) is 3.04. The zero-order chi connectivity index (χ0) is 13.1. The van der Waals surface area contributed by atoms with Gasteiger partial charge in [-0.15, -0.1) is 23.7 Å². The fraction of sp³-hybridized carbons (Fsp3) is 0.615. The second kappa shape index (κ2) is 7.12. The standard InChI is InChI=1S/C13H22N2OS.ClH/c1-9(2)13(4,8-14)15-12(16)7-11-6-5-10(3)17-11;/h5-6,9H,7-8,14H2,1-4H3,(H,15,16);1H. The Bertz CT molecular complexity index is 392. The zero-order valence-corrected chi connectivity index (χ0v) is 13.1. The van der Waals surface area contributed by atoms with Gasteiger partial charge < -0.3 is 11.1 Å². The zero-order valence-electron chi connectivity index (χ0n) is 11.4. The third kappa shape index (κ3) is 4.59. The van der Waals surface area contributed by atoms with Crippen LogP contribution in [0, 0.1) is 12.8 Å². The van der Waals surface area contributed by atoms with Crippen molar-refractivity contribution in [2.45, 2.75) is 39.7 Å². The Morgan fingerprint density at radius 1 is 1.50 bits per heavy atom. The first-order valence-corrected chi connectivity index (χ1v) is 6.75. The van der Waals surface area contributed by atoms with E-state index in [0.29, 0.717) is 18.9 Å². The summed E-state index contributed by atoms with van der Waals surface area (Å²) < 4.78 is 0. The van der Waals surface area contributed by atoms with Crippen LogP contribution in [0.5, 0.6) is 0 Å². The summed E-state index contributed by atoms with van der Waals surface area (Å²) >= 11 is 1.67. The molecule has 5 heteroatoms. The monoisotopic (exact) mass is 290 g/mol. The van der Waals surface area contributed by atoms with Crippen molar-refractivity contribution < 1.29 is 4.79 Å². The Kier molecular flexibility index (Phi) is 6.89. The minimum Gasteiger partial charge on any atom is -0.349 e. The molecule has 0 aliphatic carbocycles. The normalized spacial score (nSPS) is 13.9. The summed E-state index contributed by atoms with van der Waals surface area (Å²) in [7, 11) is 0. The Morgan fingerprint density at radius 3 is 2.50 bits per heavy atom. The van der Waals surface area contributed by atoms with E-state index in [4.69, 9.17) is 5.73 Å². The molecule has 1 heterocycles. The largest absolute Gasteiger partial charge is 0.349 e. The van der Waals surface area contributed by atoms with Crippen molar-refractivity contribution >= 4 is 29.7 Å². The average Bonchev–Trinajstić information content (AvgIpc) is 2.63. The molecular formula is C13H23ClN2OS. The molecule has 1 aromatic heterocycles. The molecule has 1 rings (SSSR count).